The molecule has 3 aliphatic heterocycles. The Bertz CT molecular complexity index is 883. The molecule has 0 aliphatic carbocycles. The van der Waals surface area contributed by atoms with Crippen LogP contribution in [-0.4, -0.2) is 34.7 Å². The van der Waals surface area contributed by atoms with Crippen LogP contribution in [-0.2, 0) is 35.8 Å². The Balaban J connectivity index is 1.32. The molecule has 0 saturated carbocycles. The zero-order chi connectivity index (χ0) is 19.1. The standard InChI is InChI=1S/C23H25N3O2/c27-21(25-12-17-5-1-2-6-18(17)13-25)11-23(9-10-24-16-23)22(28)26-14-19-7-3-4-8-20(19)15-26/h1-8,24H,9-16H2. The molecule has 0 spiro atoms. The highest BCUT2D eigenvalue weighted by Crippen LogP contribution is 2.37. The summed E-state index contributed by atoms with van der Waals surface area (Å²) in [5.41, 5.74) is 4.26. The van der Waals surface area contributed by atoms with E-state index in [1.165, 1.54) is 22.3 Å². The number of rotatable bonds is 3. The minimum absolute atomic E-state index is 0.0879. The van der Waals surface area contributed by atoms with E-state index in [0.717, 1.165) is 13.0 Å². The zero-order valence-corrected chi connectivity index (χ0v) is 16.0. The Morgan fingerprint density at radius 1 is 0.821 bits per heavy atom. The molecule has 1 unspecified atom stereocenters. The van der Waals surface area contributed by atoms with Crippen molar-refractivity contribution < 1.29 is 9.59 Å². The molecule has 1 atom stereocenters. The lowest BCUT2D eigenvalue weighted by Gasteiger charge is -2.32. The van der Waals surface area contributed by atoms with Gasteiger partial charge in [0.25, 0.3) is 0 Å². The van der Waals surface area contributed by atoms with E-state index in [-0.39, 0.29) is 11.8 Å². The summed E-state index contributed by atoms with van der Waals surface area (Å²) in [6, 6.07) is 16.4. The fraction of sp³-hybridized carbons (Fsp3) is 0.391. The van der Waals surface area contributed by atoms with Gasteiger partial charge in [-0.05, 0) is 35.2 Å². The van der Waals surface area contributed by atoms with Crippen LogP contribution in [0.4, 0.5) is 0 Å². The van der Waals surface area contributed by atoms with Crippen LogP contribution >= 0.6 is 0 Å². The van der Waals surface area contributed by atoms with Crippen LogP contribution in [0.25, 0.3) is 0 Å². The number of fused-ring (bicyclic) bond motifs is 2. The van der Waals surface area contributed by atoms with Crippen LogP contribution < -0.4 is 5.32 Å². The second-order valence-electron chi connectivity index (χ2n) is 8.33. The smallest absolute Gasteiger partial charge is 0.231 e. The maximum absolute atomic E-state index is 13.5. The monoisotopic (exact) mass is 375 g/mol. The predicted molar refractivity (Wildman–Crippen MR) is 106 cm³/mol. The predicted octanol–water partition coefficient (Wildman–Crippen LogP) is 2.44. The summed E-state index contributed by atoms with van der Waals surface area (Å²) in [4.78, 5) is 30.5. The van der Waals surface area contributed by atoms with Crippen molar-refractivity contribution in [3.05, 3.63) is 70.8 Å². The topological polar surface area (TPSA) is 52.7 Å². The maximum Gasteiger partial charge on any atom is 0.231 e. The summed E-state index contributed by atoms with van der Waals surface area (Å²) in [5, 5.41) is 3.33. The first-order valence-electron chi connectivity index (χ1n) is 10.1. The quantitative estimate of drug-likeness (QED) is 0.897. The average Bonchev–Trinajstić information content (AvgIpc) is 3.44. The normalized spacial score (nSPS) is 23.0. The summed E-state index contributed by atoms with van der Waals surface area (Å²) in [7, 11) is 0. The van der Waals surface area contributed by atoms with Gasteiger partial charge in [0.05, 0.1) is 5.41 Å². The summed E-state index contributed by atoms with van der Waals surface area (Å²) in [6.45, 7) is 4.00. The fourth-order valence-electron chi connectivity index (χ4n) is 4.88. The summed E-state index contributed by atoms with van der Waals surface area (Å²) in [6.07, 6.45) is 1.02. The third-order valence-electron chi connectivity index (χ3n) is 6.51. The molecule has 28 heavy (non-hydrogen) atoms. The second-order valence-corrected chi connectivity index (χ2v) is 8.33. The molecule has 0 radical (unpaired) electrons. The fourth-order valence-corrected chi connectivity index (χ4v) is 4.88. The molecule has 1 fully saturated rings. The molecule has 0 bridgehead atoms. The van der Waals surface area contributed by atoms with E-state index in [1.54, 1.807) is 0 Å². The van der Waals surface area contributed by atoms with Crippen molar-refractivity contribution in [3.8, 4) is 0 Å². The largest absolute Gasteiger partial charge is 0.334 e. The number of amides is 2. The Hall–Kier alpha value is -2.66. The molecule has 5 rings (SSSR count). The first kappa shape index (κ1) is 17.4. The molecular weight excluding hydrogens is 350 g/mol. The van der Waals surface area contributed by atoms with E-state index >= 15 is 0 Å². The zero-order valence-electron chi connectivity index (χ0n) is 16.0. The third-order valence-corrected chi connectivity index (χ3v) is 6.51. The SMILES string of the molecule is O=C(CC1(C(=O)N2Cc3ccccc3C2)CCNC1)N1Cc2ccccc2C1. The van der Waals surface area contributed by atoms with Crippen LogP contribution in [0, 0.1) is 5.41 Å². The number of hydrogen-bond acceptors (Lipinski definition) is 3. The van der Waals surface area contributed by atoms with Gasteiger partial charge in [0.15, 0.2) is 0 Å². The molecule has 3 aliphatic rings. The Labute approximate surface area is 165 Å². The van der Waals surface area contributed by atoms with Crippen molar-refractivity contribution in [1.29, 1.82) is 0 Å². The number of nitrogens with one attached hydrogen (secondary N) is 1. The number of carbonyl (C=O) groups excluding carboxylic acids is 2. The number of carbonyl (C=O) groups is 2. The molecule has 1 saturated heterocycles. The van der Waals surface area contributed by atoms with Crippen LogP contribution in [0.5, 0.6) is 0 Å². The van der Waals surface area contributed by atoms with Gasteiger partial charge in [-0.25, -0.2) is 0 Å². The molecule has 2 aromatic carbocycles. The van der Waals surface area contributed by atoms with Gasteiger partial charge in [0.2, 0.25) is 11.8 Å². The number of nitrogens with zero attached hydrogens (tertiary/aromatic N) is 2. The van der Waals surface area contributed by atoms with Gasteiger partial charge in [0.1, 0.15) is 0 Å². The van der Waals surface area contributed by atoms with Gasteiger partial charge in [-0.15, -0.1) is 0 Å². The molecule has 0 aromatic heterocycles. The highest BCUT2D eigenvalue weighted by molar-refractivity contribution is 5.90. The molecule has 5 heteroatoms. The van der Waals surface area contributed by atoms with Crippen molar-refractivity contribution in [2.75, 3.05) is 13.1 Å². The van der Waals surface area contributed by atoms with Gasteiger partial charge in [0, 0.05) is 39.1 Å². The third kappa shape index (κ3) is 2.90. The van der Waals surface area contributed by atoms with Gasteiger partial charge < -0.3 is 15.1 Å². The van der Waals surface area contributed by atoms with Crippen LogP contribution in [0.3, 0.4) is 0 Å². The van der Waals surface area contributed by atoms with Crippen molar-refractivity contribution in [2.24, 2.45) is 5.41 Å². The van der Waals surface area contributed by atoms with Crippen LogP contribution in [0.1, 0.15) is 35.1 Å². The van der Waals surface area contributed by atoms with E-state index in [9.17, 15) is 9.59 Å². The van der Waals surface area contributed by atoms with Crippen LogP contribution in [0.2, 0.25) is 0 Å². The van der Waals surface area contributed by atoms with Crippen LogP contribution in [0.15, 0.2) is 48.5 Å². The second kappa shape index (κ2) is 6.74. The first-order valence-corrected chi connectivity index (χ1v) is 10.1. The van der Waals surface area contributed by atoms with E-state index in [4.69, 9.17) is 0 Å². The molecule has 2 aromatic rings. The van der Waals surface area contributed by atoms with Gasteiger partial charge in [-0.3, -0.25) is 9.59 Å². The van der Waals surface area contributed by atoms with Crippen molar-refractivity contribution in [3.63, 3.8) is 0 Å². The Morgan fingerprint density at radius 3 is 1.79 bits per heavy atom. The maximum atomic E-state index is 13.5. The van der Waals surface area contributed by atoms with Gasteiger partial charge in [-0.1, -0.05) is 48.5 Å². The average molecular weight is 375 g/mol. The van der Waals surface area contributed by atoms with Crippen molar-refractivity contribution >= 4 is 11.8 Å². The summed E-state index contributed by atoms with van der Waals surface area (Å²) >= 11 is 0. The number of benzene rings is 2. The molecular formula is C23H25N3O2. The molecule has 144 valence electrons. The Morgan fingerprint density at radius 2 is 1.32 bits per heavy atom. The van der Waals surface area contributed by atoms with E-state index in [1.807, 2.05) is 34.1 Å². The van der Waals surface area contributed by atoms with E-state index < -0.39 is 5.41 Å². The lowest BCUT2D eigenvalue weighted by molar-refractivity contribution is -0.148. The first-order chi connectivity index (χ1) is 13.6. The molecule has 1 N–H and O–H groups in total. The van der Waals surface area contributed by atoms with Crippen molar-refractivity contribution in [1.82, 2.24) is 15.1 Å². The van der Waals surface area contributed by atoms with E-state index in [0.29, 0.717) is 39.1 Å². The minimum atomic E-state index is -0.617. The molecule has 5 nitrogen and oxygen atoms in total. The molecule has 2 amide bonds. The summed E-state index contributed by atoms with van der Waals surface area (Å²) < 4.78 is 0. The van der Waals surface area contributed by atoms with E-state index in [2.05, 4.69) is 29.6 Å². The van der Waals surface area contributed by atoms with Crippen molar-refractivity contribution in [2.45, 2.75) is 39.0 Å². The molecule has 3 heterocycles. The minimum Gasteiger partial charge on any atom is -0.334 e. The van der Waals surface area contributed by atoms with Gasteiger partial charge >= 0.3 is 0 Å². The summed E-state index contributed by atoms with van der Waals surface area (Å²) in [5.74, 6) is 0.212. The lowest BCUT2D eigenvalue weighted by atomic mass is 9.81. The lowest BCUT2D eigenvalue weighted by Crippen LogP contribution is -2.46. The number of hydrogen-bond donors (Lipinski definition) is 1. The Kier molecular flexibility index (Phi) is 4.20. The highest BCUT2D eigenvalue weighted by atomic mass is 16.2. The highest BCUT2D eigenvalue weighted by Gasteiger charge is 2.47. The van der Waals surface area contributed by atoms with Gasteiger partial charge in [-0.2, -0.15) is 0 Å².